The lowest BCUT2D eigenvalue weighted by Gasteiger charge is -2.00. The Balaban J connectivity index is 2.67. The SMILES string of the molecule is Cn1cc(CC(C=O)C(=O)O)cn1. The molecule has 0 saturated heterocycles. The molecule has 0 aliphatic carbocycles. The molecular weight excluding hydrogens is 172 g/mol. The first-order valence-corrected chi connectivity index (χ1v) is 3.79. The maximum Gasteiger partial charge on any atom is 0.314 e. The molecule has 1 unspecified atom stereocenters. The third kappa shape index (κ3) is 2.40. The van der Waals surface area contributed by atoms with Crippen LogP contribution < -0.4 is 0 Å². The average molecular weight is 182 g/mol. The summed E-state index contributed by atoms with van der Waals surface area (Å²) in [5, 5.41) is 12.5. The van der Waals surface area contributed by atoms with Crippen molar-refractivity contribution < 1.29 is 14.7 Å². The Kier molecular flexibility index (Phi) is 2.79. The van der Waals surface area contributed by atoms with E-state index in [1.807, 2.05) is 0 Å². The topological polar surface area (TPSA) is 72.2 Å². The highest BCUT2D eigenvalue weighted by Crippen LogP contribution is 2.05. The first kappa shape index (κ1) is 9.44. The van der Waals surface area contributed by atoms with Crippen LogP contribution >= 0.6 is 0 Å². The van der Waals surface area contributed by atoms with E-state index in [2.05, 4.69) is 5.10 Å². The molecule has 0 aliphatic heterocycles. The smallest absolute Gasteiger partial charge is 0.314 e. The fourth-order valence-electron chi connectivity index (χ4n) is 1.02. The molecule has 0 aromatic carbocycles. The minimum atomic E-state index is -1.10. The summed E-state index contributed by atoms with van der Waals surface area (Å²) in [5.41, 5.74) is 0.752. The maximum atomic E-state index is 10.5. The highest BCUT2D eigenvalue weighted by Gasteiger charge is 2.17. The number of carbonyl (C=O) groups excluding carboxylic acids is 1. The summed E-state index contributed by atoms with van der Waals surface area (Å²) in [5.74, 6) is -2.07. The number of rotatable bonds is 4. The molecule has 0 saturated carbocycles. The zero-order chi connectivity index (χ0) is 9.84. The van der Waals surface area contributed by atoms with Crippen LogP contribution in [-0.2, 0) is 23.1 Å². The van der Waals surface area contributed by atoms with Gasteiger partial charge < -0.3 is 9.90 Å². The molecule has 1 aromatic rings. The van der Waals surface area contributed by atoms with Gasteiger partial charge in [0.2, 0.25) is 0 Å². The zero-order valence-corrected chi connectivity index (χ0v) is 7.17. The molecule has 13 heavy (non-hydrogen) atoms. The van der Waals surface area contributed by atoms with E-state index >= 15 is 0 Å². The van der Waals surface area contributed by atoms with Gasteiger partial charge in [-0.3, -0.25) is 9.48 Å². The average Bonchev–Trinajstić information content (AvgIpc) is 2.46. The standard InChI is InChI=1S/C8H10N2O3/c1-10-4-6(3-9-10)2-7(5-11)8(12)13/h3-5,7H,2H2,1H3,(H,12,13). The first-order chi connectivity index (χ1) is 6.13. The number of aromatic nitrogens is 2. The Hall–Kier alpha value is -1.65. The summed E-state index contributed by atoms with van der Waals surface area (Å²) < 4.78 is 1.57. The van der Waals surface area contributed by atoms with Crippen molar-refractivity contribution in [1.29, 1.82) is 0 Å². The zero-order valence-electron chi connectivity index (χ0n) is 7.17. The molecule has 1 aromatic heterocycles. The van der Waals surface area contributed by atoms with Crippen LogP contribution in [0.15, 0.2) is 12.4 Å². The predicted octanol–water partition coefficient (Wildman–Crippen LogP) is -0.138. The van der Waals surface area contributed by atoms with Crippen molar-refractivity contribution >= 4 is 12.3 Å². The lowest BCUT2D eigenvalue weighted by Crippen LogP contribution is -2.17. The molecule has 0 radical (unpaired) electrons. The molecule has 5 heteroatoms. The molecule has 70 valence electrons. The monoisotopic (exact) mass is 182 g/mol. The number of aryl methyl sites for hydroxylation is 1. The summed E-state index contributed by atoms with van der Waals surface area (Å²) in [4.78, 5) is 20.8. The molecule has 0 spiro atoms. The molecule has 1 atom stereocenters. The third-order valence-corrected chi connectivity index (χ3v) is 1.70. The van der Waals surface area contributed by atoms with Crippen LogP contribution in [0, 0.1) is 5.92 Å². The van der Waals surface area contributed by atoms with E-state index in [1.54, 1.807) is 24.1 Å². The first-order valence-electron chi connectivity index (χ1n) is 3.79. The van der Waals surface area contributed by atoms with Crippen LogP contribution in [0.2, 0.25) is 0 Å². The van der Waals surface area contributed by atoms with Gasteiger partial charge in [-0.25, -0.2) is 0 Å². The maximum absolute atomic E-state index is 10.5. The van der Waals surface area contributed by atoms with Crippen LogP contribution in [0.5, 0.6) is 0 Å². The van der Waals surface area contributed by atoms with Gasteiger partial charge >= 0.3 is 5.97 Å². The van der Waals surface area contributed by atoms with E-state index in [0.717, 1.165) is 5.56 Å². The fourth-order valence-corrected chi connectivity index (χ4v) is 1.02. The van der Waals surface area contributed by atoms with E-state index < -0.39 is 11.9 Å². The van der Waals surface area contributed by atoms with Gasteiger partial charge in [0.25, 0.3) is 0 Å². The van der Waals surface area contributed by atoms with Crippen molar-refractivity contribution in [3.05, 3.63) is 18.0 Å². The molecular formula is C8H10N2O3. The van der Waals surface area contributed by atoms with Crippen LogP contribution in [0.1, 0.15) is 5.56 Å². The second-order valence-electron chi connectivity index (χ2n) is 2.81. The predicted molar refractivity (Wildman–Crippen MR) is 44.1 cm³/mol. The number of carbonyl (C=O) groups is 2. The Bertz CT molecular complexity index is 319. The molecule has 5 nitrogen and oxygen atoms in total. The number of hydrogen-bond donors (Lipinski definition) is 1. The summed E-state index contributed by atoms with van der Waals surface area (Å²) in [6.07, 6.45) is 3.89. The van der Waals surface area contributed by atoms with Crippen molar-refractivity contribution in [3.63, 3.8) is 0 Å². The number of nitrogens with zero attached hydrogens (tertiary/aromatic N) is 2. The summed E-state index contributed by atoms with van der Waals surface area (Å²) in [6.45, 7) is 0. The molecule has 1 N–H and O–H groups in total. The second-order valence-corrected chi connectivity index (χ2v) is 2.81. The van der Waals surface area contributed by atoms with Crippen molar-refractivity contribution in [2.75, 3.05) is 0 Å². The Morgan fingerprint density at radius 1 is 1.85 bits per heavy atom. The van der Waals surface area contributed by atoms with E-state index in [0.29, 0.717) is 6.29 Å². The minimum Gasteiger partial charge on any atom is -0.481 e. The van der Waals surface area contributed by atoms with Crippen molar-refractivity contribution in [1.82, 2.24) is 9.78 Å². The Morgan fingerprint density at radius 2 is 2.54 bits per heavy atom. The minimum absolute atomic E-state index is 0.201. The van der Waals surface area contributed by atoms with Crippen LogP contribution in [0.25, 0.3) is 0 Å². The van der Waals surface area contributed by atoms with E-state index in [-0.39, 0.29) is 6.42 Å². The summed E-state index contributed by atoms with van der Waals surface area (Å²) in [6, 6.07) is 0. The Labute approximate surface area is 75.0 Å². The van der Waals surface area contributed by atoms with Gasteiger partial charge in [-0.1, -0.05) is 0 Å². The normalized spacial score (nSPS) is 12.4. The molecule has 1 heterocycles. The van der Waals surface area contributed by atoms with E-state index in [9.17, 15) is 9.59 Å². The highest BCUT2D eigenvalue weighted by molar-refractivity contribution is 5.86. The van der Waals surface area contributed by atoms with Gasteiger partial charge in [0.05, 0.1) is 6.20 Å². The van der Waals surface area contributed by atoms with Crippen LogP contribution in [0.3, 0.4) is 0 Å². The number of carboxylic acids is 1. The molecule has 0 amide bonds. The van der Waals surface area contributed by atoms with Crippen LogP contribution in [-0.4, -0.2) is 27.1 Å². The van der Waals surface area contributed by atoms with Crippen LogP contribution in [0.4, 0.5) is 0 Å². The second kappa shape index (κ2) is 3.84. The third-order valence-electron chi connectivity index (χ3n) is 1.70. The number of aldehydes is 1. The van der Waals surface area contributed by atoms with E-state index in [4.69, 9.17) is 5.11 Å². The summed E-state index contributed by atoms with van der Waals surface area (Å²) >= 11 is 0. The van der Waals surface area contributed by atoms with Crippen molar-refractivity contribution in [2.24, 2.45) is 13.0 Å². The van der Waals surface area contributed by atoms with Gasteiger partial charge in [-0.05, 0) is 12.0 Å². The van der Waals surface area contributed by atoms with Gasteiger partial charge in [0.15, 0.2) is 0 Å². The van der Waals surface area contributed by atoms with Crippen molar-refractivity contribution in [2.45, 2.75) is 6.42 Å². The van der Waals surface area contributed by atoms with Gasteiger partial charge in [0, 0.05) is 13.2 Å². The van der Waals surface area contributed by atoms with Gasteiger partial charge in [0.1, 0.15) is 12.2 Å². The van der Waals surface area contributed by atoms with E-state index in [1.165, 1.54) is 0 Å². The number of hydrogen-bond acceptors (Lipinski definition) is 3. The quantitative estimate of drug-likeness (QED) is 0.519. The number of carboxylic acid groups (broad SMARTS) is 1. The van der Waals surface area contributed by atoms with Gasteiger partial charge in [-0.15, -0.1) is 0 Å². The molecule has 0 bridgehead atoms. The number of aliphatic carboxylic acids is 1. The summed E-state index contributed by atoms with van der Waals surface area (Å²) in [7, 11) is 1.74. The molecule has 0 fully saturated rings. The largest absolute Gasteiger partial charge is 0.481 e. The van der Waals surface area contributed by atoms with Crippen molar-refractivity contribution in [3.8, 4) is 0 Å². The lowest BCUT2D eigenvalue weighted by atomic mass is 10.0. The lowest BCUT2D eigenvalue weighted by molar-refractivity contribution is -0.143. The molecule has 1 rings (SSSR count). The highest BCUT2D eigenvalue weighted by atomic mass is 16.4. The fraction of sp³-hybridized carbons (Fsp3) is 0.375. The van der Waals surface area contributed by atoms with Gasteiger partial charge in [-0.2, -0.15) is 5.10 Å². The Morgan fingerprint density at radius 3 is 2.92 bits per heavy atom. The molecule has 0 aliphatic rings.